The largest absolute Gasteiger partial charge is 0.349 e. The predicted octanol–water partition coefficient (Wildman–Crippen LogP) is 2.12. The molecule has 80 valence electrons. The summed E-state index contributed by atoms with van der Waals surface area (Å²) in [6.45, 7) is 7.67. The maximum Gasteiger partial charge on any atom is 0.105 e. The molecular weight excluding hydrogens is 174 g/mol. The molecule has 0 amide bonds. The van der Waals surface area contributed by atoms with Gasteiger partial charge in [0.05, 0.1) is 0 Å². The zero-order chi connectivity index (χ0) is 10.4. The van der Waals surface area contributed by atoms with E-state index < -0.39 is 0 Å². The topological polar surface area (TPSA) is 40.7 Å². The SMILES string of the molecule is CC(C)(C)NCCCCc1ncc[nH]1. The Hall–Kier alpha value is -0.830. The molecule has 0 saturated heterocycles. The van der Waals surface area contributed by atoms with Gasteiger partial charge in [-0.15, -0.1) is 0 Å². The van der Waals surface area contributed by atoms with Gasteiger partial charge < -0.3 is 10.3 Å². The second kappa shape index (κ2) is 5.15. The van der Waals surface area contributed by atoms with Gasteiger partial charge in [-0.3, -0.25) is 0 Å². The molecule has 1 aromatic heterocycles. The molecule has 0 aliphatic carbocycles. The van der Waals surface area contributed by atoms with Crippen molar-refractivity contribution < 1.29 is 0 Å². The highest BCUT2D eigenvalue weighted by Gasteiger charge is 2.06. The molecule has 0 aliphatic rings. The first kappa shape index (κ1) is 11.2. The van der Waals surface area contributed by atoms with E-state index in [1.807, 2.05) is 12.4 Å². The number of unbranched alkanes of at least 4 members (excludes halogenated alkanes) is 1. The molecule has 0 saturated carbocycles. The molecule has 0 bridgehead atoms. The van der Waals surface area contributed by atoms with Crippen LogP contribution in [-0.2, 0) is 6.42 Å². The summed E-state index contributed by atoms with van der Waals surface area (Å²) in [5.74, 6) is 1.10. The Labute approximate surface area is 86.3 Å². The minimum Gasteiger partial charge on any atom is -0.349 e. The minimum absolute atomic E-state index is 0.241. The number of aromatic nitrogens is 2. The lowest BCUT2D eigenvalue weighted by Gasteiger charge is -2.20. The fourth-order valence-electron chi connectivity index (χ4n) is 1.32. The number of H-pyrrole nitrogens is 1. The van der Waals surface area contributed by atoms with E-state index in [0.717, 1.165) is 18.8 Å². The second-order valence-corrected chi connectivity index (χ2v) is 4.67. The van der Waals surface area contributed by atoms with Gasteiger partial charge in [-0.1, -0.05) is 0 Å². The lowest BCUT2D eigenvalue weighted by Crippen LogP contribution is -2.36. The van der Waals surface area contributed by atoms with E-state index in [1.165, 1.54) is 12.8 Å². The van der Waals surface area contributed by atoms with Crippen molar-refractivity contribution in [3.63, 3.8) is 0 Å². The molecule has 0 spiro atoms. The monoisotopic (exact) mass is 195 g/mol. The maximum absolute atomic E-state index is 4.19. The molecule has 1 aromatic rings. The van der Waals surface area contributed by atoms with Gasteiger partial charge in [-0.25, -0.2) is 4.98 Å². The Balaban J connectivity index is 2.00. The van der Waals surface area contributed by atoms with Crippen LogP contribution in [0.4, 0.5) is 0 Å². The van der Waals surface area contributed by atoms with Gasteiger partial charge in [0, 0.05) is 24.4 Å². The number of hydrogen-bond donors (Lipinski definition) is 2. The van der Waals surface area contributed by atoms with E-state index in [-0.39, 0.29) is 5.54 Å². The number of hydrogen-bond acceptors (Lipinski definition) is 2. The third-order valence-electron chi connectivity index (χ3n) is 2.05. The molecular formula is C11H21N3. The third kappa shape index (κ3) is 5.02. The first-order chi connectivity index (χ1) is 6.58. The summed E-state index contributed by atoms with van der Waals surface area (Å²) in [4.78, 5) is 7.30. The lowest BCUT2D eigenvalue weighted by molar-refractivity contribution is 0.418. The van der Waals surface area contributed by atoms with E-state index >= 15 is 0 Å². The summed E-state index contributed by atoms with van der Waals surface area (Å²) in [6.07, 6.45) is 7.14. The first-order valence-electron chi connectivity index (χ1n) is 5.31. The van der Waals surface area contributed by atoms with E-state index in [9.17, 15) is 0 Å². The first-order valence-corrected chi connectivity index (χ1v) is 5.31. The number of nitrogens with one attached hydrogen (secondary N) is 2. The molecule has 14 heavy (non-hydrogen) atoms. The van der Waals surface area contributed by atoms with Gasteiger partial charge in [0.1, 0.15) is 5.82 Å². The Morgan fingerprint density at radius 2 is 2.14 bits per heavy atom. The van der Waals surface area contributed by atoms with Crippen LogP contribution < -0.4 is 5.32 Å². The van der Waals surface area contributed by atoms with Gasteiger partial charge in [0.2, 0.25) is 0 Å². The van der Waals surface area contributed by atoms with E-state index in [1.54, 1.807) is 0 Å². The van der Waals surface area contributed by atoms with Crippen molar-refractivity contribution in [1.82, 2.24) is 15.3 Å². The average Bonchev–Trinajstić information content (AvgIpc) is 2.54. The smallest absolute Gasteiger partial charge is 0.105 e. The van der Waals surface area contributed by atoms with Gasteiger partial charge in [-0.05, 0) is 40.2 Å². The summed E-state index contributed by atoms with van der Waals surface area (Å²) in [5, 5.41) is 3.47. The lowest BCUT2D eigenvalue weighted by atomic mass is 10.1. The zero-order valence-corrected chi connectivity index (χ0v) is 9.43. The summed E-state index contributed by atoms with van der Waals surface area (Å²) >= 11 is 0. The Kier molecular flexibility index (Phi) is 4.14. The van der Waals surface area contributed by atoms with Crippen molar-refractivity contribution in [2.45, 2.75) is 45.6 Å². The zero-order valence-electron chi connectivity index (χ0n) is 9.43. The quantitative estimate of drug-likeness (QED) is 0.707. The number of aromatic amines is 1. The summed E-state index contributed by atoms with van der Waals surface area (Å²) in [5.41, 5.74) is 0.241. The molecule has 0 aromatic carbocycles. The fraction of sp³-hybridized carbons (Fsp3) is 0.727. The normalized spacial score (nSPS) is 11.9. The van der Waals surface area contributed by atoms with Crippen LogP contribution in [0.3, 0.4) is 0 Å². The van der Waals surface area contributed by atoms with Gasteiger partial charge in [0.25, 0.3) is 0 Å². The fourth-order valence-corrected chi connectivity index (χ4v) is 1.32. The van der Waals surface area contributed by atoms with E-state index in [2.05, 4.69) is 36.1 Å². The third-order valence-corrected chi connectivity index (χ3v) is 2.05. The van der Waals surface area contributed by atoms with Crippen LogP contribution in [0, 0.1) is 0 Å². The van der Waals surface area contributed by atoms with Crippen LogP contribution >= 0.6 is 0 Å². The number of imidazole rings is 1. The van der Waals surface area contributed by atoms with Crippen molar-refractivity contribution in [3.8, 4) is 0 Å². The van der Waals surface area contributed by atoms with Gasteiger partial charge in [-0.2, -0.15) is 0 Å². The van der Waals surface area contributed by atoms with Crippen LogP contribution in [0.1, 0.15) is 39.4 Å². The predicted molar refractivity (Wildman–Crippen MR) is 59.3 cm³/mol. The van der Waals surface area contributed by atoms with Crippen molar-refractivity contribution in [2.24, 2.45) is 0 Å². The van der Waals surface area contributed by atoms with Crippen LogP contribution in [0.2, 0.25) is 0 Å². The van der Waals surface area contributed by atoms with Crippen molar-refractivity contribution in [2.75, 3.05) is 6.54 Å². The van der Waals surface area contributed by atoms with Gasteiger partial charge in [0.15, 0.2) is 0 Å². The summed E-state index contributed by atoms with van der Waals surface area (Å²) in [7, 11) is 0. The average molecular weight is 195 g/mol. The summed E-state index contributed by atoms with van der Waals surface area (Å²) in [6, 6.07) is 0. The number of nitrogens with zero attached hydrogens (tertiary/aromatic N) is 1. The molecule has 0 fully saturated rings. The molecule has 3 nitrogen and oxygen atoms in total. The highest BCUT2D eigenvalue weighted by atomic mass is 14.9. The molecule has 0 atom stereocenters. The van der Waals surface area contributed by atoms with Crippen molar-refractivity contribution in [3.05, 3.63) is 18.2 Å². The van der Waals surface area contributed by atoms with E-state index in [4.69, 9.17) is 0 Å². The molecule has 1 rings (SSSR count). The van der Waals surface area contributed by atoms with Crippen molar-refractivity contribution >= 4 is 0 Å². The molecule has 1 heterocycles. The van der Waals surface area contributed by atoms with Crippen LogP contribution in [0.25, 0.3) is 0 Å². The highest BCUT2D eigenvalue weighted by molar-refractivity contribution is 4.86. The molecule has 2 N–H and O–H groups in total. The van der Waals surface area contributed by atoms with Crippen LogP contribution in [0.15, 0.2) is 12.4 Å². The second-order valence-electron chi connectivity index (χ2n) is 4.67. The van der Waals surface area contributed by atoms with Crippen molar-refractivity contribution in [1.29, 1.82) is 0 Å². The number of aryl methyl sites for hydroxylation is 1. The maximum atomic E-state index is 4.19. The molecule has 0 radical (unpaired) electrons. The standard InChI is InChI=1S/C11H21N3/c1-11(2,3)14-7-5-4-6-10-12-8-9-13-10/h8-9,14H,4-7H2,1-3H3,(H,12,13). The van der Waals surface area contributed by atoms with E-state index in [0.29, 0.717) is 0 Å². The minimum atomic E-state index is 0.241. The number of rotatable bonds is 5. The Morgan fingerprint density at radius 1 is 1.36 bits per heavy atom. The molecule has 3 heteroatoms. The van der Waals surface area contributed by atoms with Crippen LogP contribution in [0.5, 0.6) is 0 Å². The Morgan fingerprint density at radius 3 is 2.71 bits per heavy atom. The van der Waals surface area contributed by atoms with Gasteiger partial charge >= 0.3 is 0 Å². The highest BCUT2D eigenvalue weighted by Crippen LogP contribution is 2.01. The Bertz CT molecular complexity index is 234. The summed E-state index contributed by atoms with van der Waals surface area (Å²) < 4.78 is 0. The molecule has 0 aliphatic heterocycles. The van der Waals surface area contributed by atoms with Crippen LogP contribution in [-0.4, -0.2) is 22.1 Å². The molecule has 0 unspecified atom stereocenters.